The zero-order valence-electron chi connectivity index (χ0n) is 19.3. The Morgan fingerprint density at radius 1 is 1.16 bits per heavy atom. The van der Waals surface area contributed by atoms with Gasteiger partial charge in [0.15, 0.2) is 5.75 Å². The first-order valence-electron chi connectivity index (χ1n) is 10.6. The van der Waals surface area contributed by atoms with E-state index < -0.39 is 35.2 Å². The van der Waals surface area contributed by atoms with Crippen molar-refractivity contribution in [2.45, 2.75) is 13.1 Å². The van der Waals surface area contributed by atoms with Crippen LogP contribution in [-0.2, 0) is 9.63 Å². The highest BCUT2D eigenvalue weighted by molar-refractivity contribution is 6.38. The molecule has 0 saturated carbocycles. The van der Waals surface area contributed by atoms with Gasteiger partial charge in [-0.15, -0.1) is 0 Å². The minimum absolute atomic E-state index is 0.0173. The predicted molar refractivity (Wildman–Crippen MR) is 134 cm³/mol. The number of hydroxylamine groups is 1. The van der Waals surface area contributed by atoms with Crippen LogP contribution in [0.3, 0.4) is 0 Å². The van der Waals surface area contributed by atoms with Crippen molar-refractivity contribution in [3.8, 4) is 5.75 Å². The first kappa shape index (κ1) is 27.9. The molecule has 8 nitrogen and oxygen atoms in total. The van der Waals surface area contributed by atoms with Crippen LogP contribution in [0.25, 0.3) is 10.8 Å². The number of esters is 1. The largest absolute Gasteiger partial charge is 0.432 e. The summed E-state index contributed by atoms with van der Waals surface area (Å²) in [7, 11) is 0.909. The molecule has 0 aliphatic heterocycles. The van der Waals surface area contributed by atoms with Crippen LogP contribution in [0.5, 0.6) is 5.75 Å². The number of amides is 1. The van der Waals surface area contributed by atoms with Crippen LogP contribution in [0.4, 0.5) is 19.0 Å². The number of carbonyl (C=O) groups is 2. The number of hydrogen-bond donors (Lipinski definition) is 2. The summed E-state index contributed by atoms with van der Waals surface area (Å²) in [6.07, 6.45) is -3.15. The molecule has 3 aromatic rings. The summed E-state index contributed by atoms with van der Waals surface area (Å²) in [5.41, 5.74) is -0.130. The van der Waals surface area contributed by atoms with Crippen LogP contribution in [0.15, 0.2) is 65.4 Å². The number of ether oxygens (including phenoxy) is 1. The maximum Gasteiger partial charge on any atom is 0.432 e. The zero-order chi connectivity index (χ0) is 27.2. The molecule has 194 valence electrons. The number of rotatable bonds is 8. The van der Waals surface area contributed by atoms with Gasteiger partial charge in [-0.3, -0.25) is 14.6 Å². The zero-order valence-corrected chi connectivity index (χ0v) is 20.8. The Morgan fingerprint density at radius 2 is 1.89 bits per heavy atom. The highest BCUT2D eigenvalue weighted by Crippen LogP contribution is 2.37. The number of carbonyl (C=O) groups excluding carboxylic acids is 2. The van der Waals surface area contributed by atoms with Crippen molar-refractivity contribution in [1.29, 1.82) is 0 Å². The van der Waals surface area contributed by atoms with Crippen LogP contribution in [0, 0.1) is 0 Å². The Balaban J connectivity index is 2.12. The number of halogens is 5. The Labute approximate surface area is 219 Å². The molecule has 13 heteroatoms. The summed E-state index contributed by atoms with van der Waals surface area (Å²) in [5.74, 6) is -2.64. The van der Waals surface area contributed by atoms with Crippen molar-refractivity contribution in [2.24, 2.45) is 4.99 Å². The maximum absolute atomic E-state index is 13.4. The number of fused-ring (bicyclic) bond motifs is 1. The first-order valence-corrected chi connectivity index (χ1v) is 11.3. The number of nitrogens with one attached hydrogen (secondary N) is 2. The van der Waals surface area contributed by atoms with Crippen LogP contribution < -0.4 is 15.5 Å². The van der Waals surface area contributed by atoms with E-state index in [0.717, 1.165) is 7.05 Å². The Kier molecular flexibility index (Phi) is 9.09. The molecular formula is C24H19Cl2F3N4O4. The topological polar surface area (TPSA) is 102 Å². The summed E-state index contributed by atoms with van der Waals surface area (Å²) in [4.78, 5) is 38.0. The number of anilines is 1. The van der Waals surface area contributed by atoms with Gasteiger partial charge in [0, 0.05) is 18.6 Å². The molecule has 0 aliphatic rings. The fraction of sp³-hybridized carbons (Fsp3) is 0.167. The van der Waals surface area contributed by atoms with Crippen LogP contribution in [-0.4, -0.2) is 42.4 Å². The number of aromatic nitrogens is 1. The van der Waals surface area contributed by atoms with Crippen LogP contribution in [0.1, 0.15) is 17.3 Å². The number of allylic oxidation sites excluding steroid dienone is 1. The second-order valence-electron chi connectivity index (χ2n) is 7.17. The molecule has 0 unspecified atom stereocenters. The molecule has 2 N–H and O–H groups in total. The normalized spacial score (nSPS) is 12.4. The van der Waals surface area contributed by atoms with Gasteiger partial charge in [0.1, 0.15) is 17.2 Å². The predicted octanol–water partition coefficient (Wildman–Crippen LogP) is 5.76. The van der Waals surface area contributed by atoms with Gasteiger partial charge in [-0.1, -0.05) is 47.5 Å². The van der Waals surface area contributed by atoms with Gasteiger partial charge in [0.2, 0.25) is 0 Å². The highest BCUT2D eigenvalue weighted by Gasteiger charge is 2.35. The molecule has 0 radical (unpaired) electrons. The second kappa shape index (κ2) is 12.0. The Bertz CT molecular complexity index is 1390. The molecule has 0 fully saturated rings. The third kappa shape index (κ3) is 6.76. The van der Waals surface area contributed by atoms with Gasteiger partial charge in [-0.25, -0.2) is 15.3 Å². The molecule has 0 bridgehead atoms. The summed E-state index contributed by atoms with van der Waals surface area (Å²) in [5, 5.41) is 3.30. The van der Waals surface area contributed by atoms with E-state index in [9.17, 15) is 22.8 Å². The summed E-state index contributed by atoms with van der Waals surface area (Å²) < 4.78 is 45.7. The van der Waals surface area contributed by atoms with Crippen molar-refractivity contribution in [3.05, 3.63) is 76.0 Å². The minimum Gasteiger partial charge on any atom is -0.419 e. The number of alkyl halides is 3. The molecule has 1 heterocycles. The van der Waals surface area contributed by atoms with Crippen LogP contribution in [0.2, 0.25) is 10.0 Å². The molecule has 37 heavy (non-hydrogen) atoms. The first-order chi connectivity index (χ1) is 17.6. The van der Waals surface area contributed by atoms with Crippen molar-refractivity contribution >= 4 is 57.4 Å². The van der Waals surface area contributed by atoms with E-state index in [1.54, 1.807) is 31.2 Å². The monoisotopic (exact) mass is 554 g/mol. The number of pyridine rings is 1. The van der Waals surface area contributed by atoms with E-state index in [4.69, 9.17) is 32.8 Å². The molecule has 0 spiro atoms. The van der Waals surface area contributed by atoms with E-state index in [-0.39, 0.29) is 28.0 Å². The third-order valence-electron chi connectivity index (χ3n) is 4.73. The lowest BCUT2D eigenvalue weighted by Crippen LogP contribution is -2.27. The number of nitrogens with zero attached hydrogens (tertiary/aromatic N) is 2. The molecular weight excluding hydrogens is 536 g/mol. The number of hydrogen-bond acceptors (Lipinski definition) is 7. The molecule has 1 amide bonds. The quantitative estimate of drug-likeness (QED) is 0.121. The summed E-state index contributed by atoms with van der Waals surface area (Å²) in [6, 6.07) is 11.0. The van der Waals surface area contributed by atoms with Gasteiger partial charge in [-0.2, -0.15) is 13.2 Å². The fourth-order valence-corrected chi connectivity index (χ4v) is 3.54. The lowest BCUT2D eigenvalue weighted by Gasteiger charge is -2.16. The average molecular weight is 555 g/mol. The van der Waals surface area contributed by atoms with Crippen molar-refractivity contribution in [3.63, 3.8) is 0 Å². The average Bonchev–Trinajstić information content (AvgIpc) is 2.86. The van der Waals surface area contributed by atoms with Crippen LogP contribution >= 0.6 is 23.2 Å². The molecule has 2 aromatic carbocycles. The molecule has 1 aromatic heterocycles. The fourth-order valence-electron chi connectivity index (χ4n) is 3.05. The van der Waals surface area contributed by atoms with Gasteiger partial charge >= 0.3 is 12.1 Å². The summed E-state index contributed by atoms with van der Waals surface area (Å²) in [6.45, 7) is 1.77. The minimum atomic E-state index is -4.89. The number of aliphatic imine (C=N–C) groups is 1. The lowest BCUT2D eigenvalue weighted by molar-refractivity contribution is -0.130. The van der Waals surface area contributed by atoms with Gasteiger partial charge < -0.3 is 10.1 Å². The highest BCUT2D eigenvalue weighted by atomic mass is 35.5. The van der Waals surface area contributed by atoms with E-state index in [0.29, 0.717) is 16.8 Å². The molecule has 0 aliphatic carbocycles. The number of benzene rings is 2. The SMILES string of the molecule is CCONC(=O)c1cc2ccccc2c(Cl)c1OC(=O)/C(=C/C(=N\C)C(F)(F)F)Nc1ncccc1Cl. The smallest absolute Gasteiger partial charge is 0.419 e. The van der Waals surface area contributed by atoms with Crippen molar-refractivity contribution < 1.29 is 32.3 Å². The van der Waals surface area contributed by atoms with E-state index >= 15 is 0 Å². The van der Waals surface area contributed by atoms with Gasteiger partial charge in [-0.05, 0) is 36.6 Å². The Morgan fingerprint density at radius 3 is 2.54 bits per heavy atom. The van der Waals surface area contributed by atoms with Gasteiger partial charge in [0.05, 0.1) is 22.2 Å². The second-order valence-corrected chi connectivity index (χ2v) is 7.95. The maximum atomic E-state index is 13.4. The van der Waals surface area contributed by atoms with Crippen molar-refractivity contribution in [1.82, 2.24) is 10.5 Å². The summed E-state index contributed by atoms with van der Waals surface area (Å²) >= 11 is 12.5. The van der Waals surface area contributed by atoms with E-state index in [1.807, 2.05) is 0 Å². The van der Waals surface area contributed by atoms with E-state index in [1.165, 1.54) is 24.4 Å². The molecule has 0 atom stereocenters. The molecule has 0 saturated heterocycles. The Hall–Kier alpha value is -3.67. The third-order valence-corrected chi connectivity index (χ3v) is 5.41. The standard InChI is InChI=1S/C24H19Cl2F3N4O4/c1-3-36-33-22(34)15-11-13-7-4-5-8-14(13)19(26)20(15)37-23(35)17(12-18(30-2)24(27,28)29)32-21-16(25)9-6-10-31-21/h4-12H,3H2,1-2H3,(H,31,32)(H,33,34)/b17-12-,30-18+. The van der Waals surface area contributed by atoms with E-state index in [2.05, 4.69) is 20.8 Å². The van der Waals surface area contributed by atoms with Crippen molar-refractivity contribution in [2.75, 3.05) is 19.0 Å². The molecule has 3 rings (SSSR count). The lowest BCUT2D eigenvalue weighted by atomic mass is 10.1. The van der Waals surface area contributed by atoms with Gasteiger partial charge in [0.25, 0.3) is 5.91 Å².